The Labute approximate surface area is 145 Å². The normalized spacial score (nSPS) is 10.9. The molecule has 24 heavy (non-hydrogen) atoms. The van der Waals surface area contributed by atoms with Gasteiger partial charge in [-0.05, 0) is 44.4 Å². The van der Waals surface area contributed by atoms with Crippen LogP contribution in [0.2, 0.25) is 0 Å². The Kier molecular flexibility index (Phi) is 4.28. The number of nitrogens with zero attached hydrogens (tertiary/aromatic N) is 1. The van der Waals surface area contributed by atoms with Gasteiger partial charge < -0.3 is 0 Å². The minimum Gasteiger partial charge on any atom is -0.162 e. The smallest absolute Gasteiger partial charge is 0.162 e. The topological polar surface area (TPSA) is 3.88 Å². The van der Waals surface area contributed by atoms with E-state index in [0.717, 1.165) is 0 Å². The maximum atomic E-state index is 2.37. The Morgan fingerprint density at radius 2 is 1.21 bits per heavy atom. The molecule has 2 aromatic carbocycles. The molecule has 0 fully saturated rings. The van der Waals surface area contributed by atoms with Gasteiger partial charge in [0.25, 0.3) is 0 Å². The van der Waals surface area contributed by atoms with Gasteiger partial charge >= 0.3 is 0 Å². The Hall–Kier alpha value is -2.41. The molecule has 0 radical (unpaired) electrons. The quantitative estimate of drug-likeness (QED) is 0.551. The Morgan fingerprint density at radius 3 is 1.75 bits per heavy atom. The van der Waals surface area contributed by atoms with Crippen molar-refractivity contribution in [3.8, 4) is 16.8 Å². The summed E-state index contributed by atoms with van der Waals surface area (Å²) in [6.07, 6.45) is 0. The summed E-state index contributed by atoms with van der Waals surface area (Å²) >= 11 is 0. The van der Waals surface area contributed by atoms with Crippen molar-refractivity contribution in [3.63, 3.8) is 0 Å². The van der Waals surface area contributed by atoms with Crippen molar-refractivity contribution in [1.29, 1.82) is 0 Å². The molecule has 1 heteroatoms. The minimum atomic E-state index is 1.27. The van der Waals surface area contributed by atoms with Gasteiger partial charge in [-0.25, -0.2) is 0 Å². The summed E-state index contributed by atoms with van der Waals surface area (Å²) in [5.41, 5.74) is 11.7. The first-order chi connectivity index (χ1) is 11.4. The number of hydrogen-bond acceptors (Lipinski definition) is 0. The van der Waals surface area contributed by atoms with E-state index in [4.69, 9.17) is 0 Å². The maximum absolute atomic E-state index is 2.37. The van der Waals surface area contributed by atoms with Gasteiger partial charge in [-0.2, -0.15) is 4.57 Å². The molecule has 122 valence electrons. The largest absolute Gasteiger partial charge is 0.216 e. The summed E-state index contributed by atoms with van der Waals surface area (Å²) in [7, 11) is 0. The number of aromatic nitrogens is 1. The molecule has 0 aliphatic carbocycles. The molecule has 0 N–H and O–H groups in total. The van der Waals surface area contributed by atoms with E-state index in [1.165, 1.54) is 50.5 Å². The third-order valence-electron chi connectivity index (χ3n) is 4.79. The van der Waals surface area contributed by atoms with Crippen molar-refractivity contribution in [2.75, 3.05) is 0 Å². The van der Waals surface area contributed by atoms with Gasteiger partial charge in [-0.15, -0.1) is 0 Å². The summed E-state index contributed by atoms with van der Waals surface area (Å²) in [5.74, 6) is 0. The molecule has 0 spiro atoms. The zero-order valence-electron chi connectivity index (χ0n) is 15.6. The summed E-state index contributed by atoms with van der Waals surface area (Å²) in [4.78, 5) is 0. The summed E-state index contributed by atoms with van der Waals surface area (Å²) in [6.45, 7) is 13.1. The molecule has 3 aromatic rings. The van der Waals surface area contributed by atoms with Crippen molar-refractivity contribution in [2.24, 2.45) is 0 Å². The fraction of sp³-hybridized carbons (Fsp3) is 0.261. The van der Waals surface area contributed by atoms with Crippen LogP contribution in [-0.2, 0) is 0 Å². The molecule has 1 heterocycles. The zero-order valence-corrected chi connectivity index (χ0v) is 15.6. The minimum absolute atomic E-state index is 1.27. The fourth-order valence-electron chi connectivity index (χ4n) is 3.70. The number of benzene rings is 2. The molecule has 3 rings (SSSR count). The predicted octanol–water partition coefficient (Wildman–Crippen LogP) is 5.48. The lowest BCUT2D eigenvalue weighted by molar-refractivity contribution is -0.610. The number of para-hydroxylation sites is 1. The van der Waals surface area contributed by atoms with Crippen LogP contribution in [0.1, 0.15) is 33.6 Å². The highest BCUT2D eigenvalue weighted by atomic mass is 15.0. The second-order valence-corrected chi connectivity index (χ2v) is 6.92. The average Bonchev–Trinajstić information content (AvgIpc) is 2.49. The van der Waals surface area contributed by atoms with Crippen LogP contribution in [0, 0.1) is 41.5 Å². The van der Waals surface area contributed by atoms with E-state index < -0.39 is 0 Å². The van der Waals surface area contributed by atoms with Gasteiger partial charge in [0, 0.05) is 37.1 Å². The van der Waals surface area contributed by atoms with Crippen LogP contribution >= 0.6 is 0 Å². The van der Waals surface area contributed by atoms with Gasteiger partial charge in [0.1, 0.15) is 0 Å². The van der Waals surface area contributed by atoms with Gasteiger partial charge in [-0.1, -0.05) is 42.0 Å². The molecule has 0 aliphatic rings. The highest BCUT2D eigenvalue weighted by molar-refractivity contribution is 5.67. The summed E-state index contributed by atoms with van der Waals surface area (Å²) in [6, 6.07) is 17.8. The van der Waals surface area contributed by atoms with Crippen LogP contribution < -0.4 is 4.57 Å². The monoisotopic (exact) mass is 316 g/mol. The van der Waals surface area contributed by atoms with Crippen molar-refractivity contribution in [1.82, 2.24) is 0 Å². The van der Waals surface area contributed by atoms with Gasteiger partial charge in [0.15, 0.2) is 11.4 Å². The third kappa shape index (κ3) is 2.87. The highest BCUT2D eigenvalue weighted by Crippen LogP contribution is 2.26. The lowest BCUT2D eigenvalue weighted by atomic mass is 9.97. The second-order valence-electron chi connectivity index (χ2n) is 6.92. The molecular weight excluding hydrogens is 290 g/mol. The number of rotatable bonds is 2. The van der Waals surface area contributed by atoms with Gasteiger partial charge in [-0.3, -0.25) is 0 Å². The molecule has 0 saturated heterocycles. The highest BCUT2D eigenvalue weighted by Gasteiger charge is 2.20. The molecule has 0 unspecified atom stereocenters. The Bertz CT molecular complexity index is 876. The number of aryl methyl sites for hydroxylation is 6. The molecule has 0 atom stereocenters. The van der Waals surface area contributed by atoms with Gasteiger partial charge in [0.05, 0.1) is 0 Å². The molecule has 0 aliphatic heterocycles. The van der Waals surface area contributed by atoms with Crippen molar-refractivity contribution in [3.05, 3.63) is 82.2 Å². The van der Waals surface area contributed by atoms with Crippen molar-refractivity contribution >= 4 is 0 Å². The number of pyridine rings is 1. The van der Waals surface area contributed by atoms with Crippen LogP contribution in [0.25, 0.3) is 16.8 Å². The predicted molar refractivity (Wildman–Crippen MR) is 102 cm³/mol. The van der Waals surface area contributed by atoms with Crippen LogP contribution in [0.5, 0.6) is 0 Å². The molecule has 0 amide bonds. The second kappa shape index (κ2) is 6.24. The van der Waals surface area contributed by atoms with Crippen LogP contribution in [-0.4, -0.2) is 0 Å². The summed E-state index contributed by atoms with van der Waals surface area (Å²) in [5, 5.41) is 0. The van der Waals surface area contributed by atoms with E-state index in [1.807, 2.05) is 0 Å². The molecule has 1 nitrogen and oxygen atoms in total. The van der Waals surface area contributed by atoms with E-state index in [9.17, 15) is 0 Å². The van der Waals surface area contributed by atoms with E-state index in [-0.39, 0.29) is 0 Å². The van der Waals surface area contributed by atoms with Crippen LogP contribution in [0.15, 0.2) is 48.5 Å². The number of hydrogen-bond donors (Lipinski definition) is 0. The lowest BCUT2D eigenvalue weighted by Gasteiger charge is -2.12. The van der Waals surface area contributed by atoms with E-state index in [1.54, 1.807) is 0 Å². The summed E-state index contributed by atoms with van der Waals surface area (Å²) < 4.78 is 2.37. The standard InChI is InChI=1S/C23H26N/c1-15-10-11-22(18(4)12-15)21-13-19(5)24(20(6)14-21)23-16(2)8-7-9-17(23)3/h7-14H,1-6H3/q+1. The fourth-order valence-corrected chi connectivity index (χ4v) is 3.70. The van der Waals surface area contributed by atoms with E-state index >= 15 is 0 Å². The van der Waals surface area contributed by atoms with Gasteiger partial charge in [0.2, 0.25) is 5.69 Å². The molecule has 0 bridgehead atoms. The van der Waals surface area contributed by atoms with E-state index in [0.29, 0.717) is 0 Å². The first kappa shape index (κ1) is 16.4. The molecular formula is C23H26N+. The molecule has 1 aromatic heterocycles. The van der Waals surface area contributed by atoms with Crippen LogP contribution in [0.3, 0.4) is 0 Å². The lowest BCUT2D eigenvalue weighted by Crippen LogP contribution is -2.39. The third-order valence-corrected chi connectivity index (χ3v) is 4.79. The Morgan fingerprint density at radius 1 is 0.625 bits per heavy atom. The SMILES string of the molecule is Cc1ccc(-c2cc(C)[n+](-c3c(C)cccc3C)c(C)c2)c(C)c1. The average molecular weight is 316 g/mol. The molecule has 0 saturated carbocycles. The maximum Gasteiger partial charge on any atom is 0.216 e. The Balaban J connectivity index is 2.20. The van der Waals surface area contributed by atoms with Crippen LogP contribution in [0.4, 0.5) is 0 Å². The zero-order chi connectivity index (χ0) is 17.4. The first-order valence-electron chi connectivity index (χ1n) is 8.56. The first-order valence-corrected chi connectivity index (χ1v) is 8.56. The van der Waals surface area contributed by atoms with Crippen molar-refractivity contribution in [2.45, 2.75) is 41.5 Å². The van der Waals surface area contributed by atoms with Crippen molar-refractivity contribution < 1.29 is 4.57 Å². The van der Waals surface area contributed by atoms with E-state index in [2.05, 4.69) is 94.6 Å².